The first-order valence-corrected chi connectivity index (χ1v) is 7.77. The summed E-state index contributed by atoms with van der Waals surface area (Å²) >= 11 is 3.60. The van der Waals surface area contributed by atoms with E-state index in [4.69, 9.17) is 0 Å². The van der Waals surface area contributed by atoms with Crippen molar-refractivity contribution in [3.05, 3.63) is 16.1 Å². The zero-order valence-corrected chi connectivity index (χ0v) is 10.9. The number of hydrogen-bond acceptors (Lipinski definition) is 5. The van der Waals surface area contributed by atoms with Crippen molar-refractivity contribution in [2.75, 3.05) is 17.3 Å². The van der Waals surface area contributed by atoms with Crippen LogP contribution in [0.1, 0.15) is 14.7 Å². The first kappa shape index (κ1) is 13.2. The maximum atomic E-state index is 12.3. The van der Waals surface area contributed by atoms with Gasteiger partial charge in [-0.1, -0.05) is 0 Å². The van der Waals surface area contributed by atoms with E-state index in [0.29, 0.717) is 17.1 Å². The van der Waals surface area contributed by atoms with Gasteiger partial charge in [0, 0.05) is 23.5 Å². The summed E-state index contributed by atoms with van der Waals surface area (Å²) < 4.78 is 37.0. The van der Waals surface area contributed by atoms with Gasteiger partial charge < -0.3 is 0 Å². The number of Topliss-reactive ketones (excluding diaryl/α,β-unsaturated/α-hetero) is 1. The van der Waals surface area contributed by atoms with E-state index in [0.717, 1.165) is 17.7 Å². The number of thioether (sulfide) groups is 2. The molecule has 0 radical (unpaired) electrons. The molecule has 1 unspecified atom stereocenters. The summed E-state index contributed by atoms with van der Waals surface area (Å²) in [5.41, 5.74) is 0. The van der Waals surface area contributed by atoms with Gasteiger partial charge in [0.2, 0.25) is 0 Å². The molecule has 1 aromatic heterocycles. The molecule has 1 aromatic rings. The molecule has 2 heterocycles. The average molecular weight is 299 g/mol. The van der Waals surface area contributed by atoms with E-state index in [9.17, 15) is 18.0 Å². The number of alkyl halides is 3. The summed E-state index contributed by atoms with van der Waals surface area (Å²) in [4.78, 5) is 15.3. The van der Waals surface area contributed by atoms with E-state index in [1.807, 2.05) is 0 Å². The van der Waals surface area contributed by atoms with Crippen LogP contribution in [-0.2, 0) is 6.18 Å². The molecular weight excluding hydrogens is 291 g/mol. The van der Waals surface area contributed by atoms with E-state index in [2.05, 4.69) is 4.98 Å². The van der Waals surface area contributed by atoms with Crippen molar-refractivity contribution in [2.45, 2.75) is 11.4 Å². The highest BCUT2D eigenvalue weighted by Crippen LogP contribution is 2.34. The summed E-state index contributed by atoms with van der Waals surface area (Å²) in [5.74, 6) is 2.30. The molecule has 1 atom stereocenters. The van der Waals surface area contributed by atoms with Crippen molar-refractivity contribution in [1.82, 2.24) is 4.98 Å². The molecule has 17 heavy (non-hydrogen) atoms. The number of rotatable bonds is 2. The van der Waals surface area contributed by atoms with Crippen LogP contribution in [-0.4, -0.2) is 33.3 Å². The van der Waals surface area contributed by atoms with Crippen LogP contribution in [0.25, 0.3) is 0 Å². The van der Waals surface area contributed by atoms with Crippen LogP contribution in [0.4, 0.5) is 13.2 Å². The van der Waals surface area contributed by atoms with Gasteiger partial charge >= 0.3 is 6.18 Å². The van der Waals surface area contributed by atoms with Crippen molar-refractivity contribution in [3.8, 4) is 0 Å². The fourth-order valence-corrected chi connectivity index (χ4v) is 4.79. The number of halogens is 3. The molecule has 1 saturated heterocycles. The van der Waals surface area contributed by atoms with Crippen molar-refractivity contribution in [3.63, 3.8) is 0 Å². The van der Waals surface area contributed by atoms with Gasteiger partial charge in [-0.25, -0.2) is 4.98 Å². The lowest BCUT2D eigenvalue weighted by atomic mass is 10.3. The normalized spacial score (nSPS) is 21.5. The highest BCUT2D eigenvalue weighted by Gasteiger charge is 2.36. The first-order valence-electron chi connectivity index (χ1n) is 4.75. The minimum atomic E-state index is -4.46. The first-order chi connectivity index (χ1) is 7.98. The Balaban J connectivity index is 2.11. The number of hydrogen-bond donors (Lipinski definition) is 0. The van der Waals surface area contributed by atoms with Crippen LogP contribution < -0.4 is 0 Å². The van der Waals surface area contributed by atoms with E-state index in [1.54, 1.807) is 11.8 Å². The Bertz CT molecular complexity index is 412. The second-order valence-electron chi connectivity index (χ2n) is 3.33. The largest absolute Gasteiger partial charge is 0.443 e. The van der Waals surface area contributed by atoms with Crippen LogP contribution in [0.2, 0.25) is 0 Å². The van der Waals surface area contributed by atoms with Gasteiger partial charge in [0.05, 0.1) is 10.1 Å². The summed E-state index contributed by atoms with van der Waals surface area (Å²) in [5, 5.41) is -1.18. The third-order valence-electron chi connectivity index (χ3n) is 2.10. The molecule has 0 spiro atoms. The minimum Gasteiger partial charge on any atom is -0.292 e. The molecule has 1 aliphatic rings. The predicted octanol–water partition coefficient (Wildman–Crippen LogP) is 3.19. The van der Waals surface area contributed by atoms with Gasteiger partial charge in [0.15, 0.2) is 10.8 Å². The molecule has 0 aliphatic carbocycles. The molecule has 0 saturated carbocycles. The smallest absolute Gasteiger partial charge is 0.292 e. The number of nitrogens with zero attached hydrogens (tertiary/aromatic N) is 1. The number of ketones is 1. The van der Waals surface area contributed by atoms with E-state index >= 15 is 0 Å². The molecule has 2 nitrogen and oxygen atoms in total. The lowest BCUT2D eigenvalue weighted by Crippen LogP contribution is -2.23. The topological polar surface area (TPSA) is 30.0 Å². The zero-order valence-electron chi connectivity index (χ0n) is 8.49. The fraction of sp³-hybridized carbons (Fsp3) is 0.556. The predicted molar refractivity (Wildman–Crippen MR) is 65.0 cm³/mol. The van der Waals surface area contributed by atoms with Crippen LogP contribution >= 0.6 is 34.9 Å². The molecule has 0 N–H and O–H groups in total. The molecule has 0 bridgehead atoms. The number of thiazole rings is 1. The Hall–Kier alpha value is -0.210. The Labute approximate surface area is 108 Å². The molecule has 94 valence electrons. The molecular formula is C9H8F3NOS3. The molecule has 1 aliphatic heterocycles. The fourth-order valence-electron chi connectivity index (χ4n) is 1.32. The van der Waals surface area contributed by atoms with E-state index in [-0.39, 0.29) is 15.9 Å². The van der Waals surface area contributed by atoms with Gasteiger partial charge in [-0.15, -0.1) is 23.1 Å². The maximum absolute atomic E-state index is 12.3. The summed E-state index contributed by atoms with van der Waals surface area (Å²) in [6.07, 6.45) is -3.42. The van der Waals surface area contributed by atoms with Crippen molar-refractivity contribution in [1.29, 1.82) is 0 Å². The second kappa shape index (κ2) is 5.19. The molecule has 1 fully saturated rings. The average Bonchev–Trinajstić information content (AvgIpc) is 2.78. The van der Waals surface area contributed by atoms with Crippen LogP contribution in [0.5, 0.6) is 0 Å². The molecule has 2 rings (SSSR count). The van der Waals surface area contributed by atoms with Gasteiger partial charge in [-0.2, -0.15) is 24.9 Å². The number of carbonyl (C=O) groups is 1. The van der Waals surface area contributed by atoms with Crippen LogP contribution in [0.15, 0.2) is 6.20 Å². The summed E-state index contributed by atoms with van der Waals surface area (Å²) in [6.45, 7) is 0. The van der Waals surface area contributed by atoms with Gasteiger partial charge in [0.25, 0.3) is 0 Å². The van der Waals surface area contributed by atoms with Crippen LogP contribution in [0.3, 0.4) is 0 Å². The standard InChI is InChI=1S/C9H8F3NOS3/c10-9(11,12)8-13-3-5(17-8)7(14)6-4-15-1-2-16-6/h3,6H,1-2,4H2. The van der Waals surface area contributed by atoms with Crippen molar-refractivity contribution >= 4 is 40.6 Å². The SMILES string of the molecule is O=C(c1cnc(C(F)(F)F)s1)C1CSCCS1. The quantitative estimate of drug-likeness (QED) is 0.785. The lowest BCUT2D eigenvalue weighted by molar-refractivity contribution is -0.137. The monoisotopic (exact) mass is 299 g/mol. The number of aromatic nitrogens is 1. The van der Waals surface area contributed by atoms with Crippen molar-refractivity contribution in [2.24, 2.45) is 0 Å². The maximum Gasteiger partial charge on any atom is 0.443 e. The summed E-state index contributed by atoms with van der Waals surface area (Å²) in [7, 11) is 0. The van der Waals surface area contributed by atoms with Gasteiger partial charge in [-0.3, -0.25) is 4.79 Å². The third-order valence-corrected chi connectivity index (χ3v) is 5.91. The van der Waals surface area contributed by atoms with E-state index < -0.39 is 11.2 Å². The third kappa shape index (κ3) is 3.17. The highest BCUT2D eigenvalue weighted by molar-refractivity contribution is 8.07. The Kier molecular flexibility index (Phi) is 4.04. The molecule has 0 amide bonds. The van der Waals surface area contributed by atoms with Crippen molar-refractivity contribution < 1.29 is 18.0 Å². The number of carbonyl (C=O) groups excluding carboxylic acids is 1. The second-order valence-corrected chi connectivity index (χ2v) is 6.82. The summed E-state index contributed by atoms with van der Waals surface area (Å²) in [6, 6.07) is 0. The molecule has 8 heteroatoms. The zero-order chi connectivity index (χ0) is 12.5. The Morgan fingerprint density at radius 2 is 2.18 bits per heavy atom. The van der Waals surface area contributed by atoms with Gasteiger partial charge in [0.1, 0.15) is 0 Å². The molecule has 0 aromatic carbocycles. The Morgan fingerprint density at radius 1 is 1.41 bits per heavy atom. The Morgan fingerprint density at radius 3 is 2.71 bits per heavy atom. The highest BCUT2D eigenvalue weighted by atomic mass is 32.2. The minimum absolute atomic E-state index is 0.109. The van der Waals surface area contributed by atoms with E-state index in [1.165, 1.54) is 11.8 Å². The van der Waals surface area contributed by atoms with Gasteiger partial charge in [-0.05, 0) is 0 Å². The lowest BCUT2D eigenvalue weighted by Gasteiger charge is -2.18. The van der Waals surface area contributed by atoms with Crippen LogP contribution in [0, 0.1) is 0 Å².